The Morgan fingerprint density at radius 2 is 1.71 bits per heavy atom. The van der Waals surface area contributed by atoms with Crippen molar-refractivity contribution in [2.45, 2.75) is 10.6 Å². The molecule has 8 heteroatoms. The maximum atomic E-state index is 12.5. The van der Waals surface area contributed by atoms with Crippen LogP contribution < -0.4 is 5.73 Å². The van der Waals surface area contributed by atoms with Crippen molar-refractivity contribution >= 4 is 15.7 Å². The van der Waals surface area contributed by atoms with Crippen molar-refractivity contribution in [2.24, 2.45) is 5.73 Å². The van der Waals surface area contributed by atoms with E-state index in [1.807, 2.05) is 0 Å². The maximum absolute atomic E-state index is 12.5. The summed E-state index contributed by atoms with van der Waals surface area (Å²) in [6.45, 7) is 0. The van der Waals surface area contributed by atoms with Crippen LogP contribution >= 0.6 is 0 Å². The summed E-state index contributed by atoms with van der Waals surface area (Å²) >= 11 is 0. The number of carbonyl (C=O) groups is 1. The third-order valence-corrected chi connectivity index (χ3v) is 5.07. The number of nitrogens with zero attached hydrogens (tertiary/aromatic N) is 3. The number of amides is 1. The fourth-order valence-corrected chi connectivity index (χ4v) is 3.44. The predicted molar refractivity (Wildman–Crippen MR) is 87.2 cm³/mol. The van der Waals surface area contributed by atoms with Gasteiger partial charge in [-0.25, -0.2) is 13.1 Å². The zero-order valence-electron chi connectivity index (χ0n) is 12.5. The highest BCUT2D eigenvalue weighted by Gasteiger charge is 2.17. The molecule has 122 valence electrons. The van der Waals surface area contributed by atoms with Crippen LogP contribution in [0, 0.1) is 0 Å². The van der Waals surface area contributed by atoms with Gasteiger partial charge in [-0.3, -0.25) is 9.78 Å². The molecule has 0 fully saturated rings. The van der Waals surface area contributed by atoms with Gasteiger partial charge >= 0.3 is 0 Å². The number of pyridine rings is 1. The topological polar surface area (TPSA) is 108 Å². The van der Waals surface area contributed by atoms with Gasteiger partial charge in [0.1, 0.15) is 0 Å². The molecule has 0 saturated carbocycles. The third kappa shape index (κ3) is 3.33. The lowest BCUT2D eigenvalue weighted by molar-refractivity contribution is 0.1000. The number of nitrogens with two attached hydrogens (primary N) is 1. The van der Waals surface area contributed by atoms with Gasteiger partial charge in [0.05, 0.1) is 22.0 Å². The fourth-order valence-electron chi connectivity index (χ4n) is 2.18. The summed E-state index contributed by atoms with van der Waals surface area (Å²) < 4.78 is 26.5. The van der Waals surface area contributed by atoms with Crippen molar-refractivity contribution in [2.75, 3.05) is 0 Å². The van der Waals surface area contributed by atoms with E-state index in [-0.39, 0.29) is 16.2 Å². The Balaban J connectivity index is 1.82. The van der Waals surface area contributed by atoms with Gasteiger partial charge in [-0.2, -0.15) is 5.10 Å². The third-order valence-electron chi connectivity index (χ3n) is 3.41. The predicted octanol–water partition coefficient (Wildman–Crippen LogP) is 1.34. The Labute approximate surface area is 138 Å². The Hall–Kier alpha value is -3.00. The lowest BCUT2D eigenvalue weighted by Crippen LogP contribution is -2.11. The van der Waals surface area contributed by atoms with Crippen molar-refractivity contribution in [3.8, 4) is 5.69 Å². The van der Waals surface area contributed by atoms with E-state index in [0.29, 0.717) is 5.69 Å². The van der Waals surface area contributed by atoms with Crippen LogP contribution in [0.15, 0.2) is 66.0 Å². The molecular weight excluding hydrogens is 328 g/mol. The van der Waals surface area contributed by atoms with E-state index >= 15 is 0 Å². The molecule has 2 heterocycles. The molecule has 0 bridgehead atoms. The van der Waals surface area contributed by atoms with E-state index < -0.39 is 15.7 Å². The van der Waals surface area contributed by atoms with Gasteiger partial charge in [-0.1, -0.05) is 0 Å². The molecule has 1 amide bonds. The first-order valence-corrected chi connectivity index (χ1v) is 8.68. The van der Waals surface area contributed by atoms with Gasteiger partial charge in [0.15, 0.2) is 9.84 Å². The second kappa shape index (κ2) is 6.25. The Morgan fingerprint density at radius 1 is 1.04 bits per heavy atom. The average Bonchev–Trinajstić information content (AvgIpc) is 3.03. The van der Waals surface area contributed by atoms with Gasteiger partial charge in [0.2, 0.25) is 5.91 Å². The molecule has 0 aliphatic heterocycles. The zero-order valence-corrected chi connectivity index (χ0v) is 13.3. The minimum atomic E-state index is -3.56. The molecule has 0 saturated heterocycles. The highest BCUT2D eigenvalue weighted by molar-refractivity contribution is 7.90. The van der Waals surface area contributed by atoms with Crippen molar-refractivity contribution in [3.63, 3.8) is 0 Å². The molecule has 0 spiro atoms. The minimum absolute atomic E-state index is 0.117. The van der Waals surface area contributed by atoms with Crippen LogP contribution in [0.25, 0.3) is 5.69 Å². The highest BCUT2D eigenvalue weighted by atomic mass is 32.2. The van der Waals surface area contributed by atoms with E-state index in [0.717, 1.165) is 5.69 Å². The summed E-state index contributed by atoms with van der Waals surface area (Å²) in [5.41, 5.74) is 6.62. The summed E-state index contributed by atoms with van der Waals surface area (Å²) in [5.74, 6) is -0.837. The van der Waals surface area contributed by atoms with Crippen molar-refractivity contribution < 1.29 is 13.2 Å². The lowest BCUT2D eigenvalue weighted by atomic mass is 10.2. The summed E-state index contributed by atoms with van der Waals surface area (Å²) in [7, 11) is -3.56. The van der Waals surface area contributed by atoms with Crippen LogP contribution in [0.3, 0.4) is 0 Å². The van der Waals surface area contributed by atoms with E-state index in [1.165, 1.54) is 24.3 Å². The molecule has 0 aliphatic carbocycles. The molecule has 2 N–H and O–H groups in total. The van der Waals surface area contributed by atoms with Crippen molar-refractivity contribution in [1.29, 1.82) is 0 Å². The second-order valence-electron chi connectivity index (χ2n) is 5.10. The first kappa shape index (κ1) is 15.9. The standard InChI is InChI=1S/C16H14N4O3S/c17-16(21)12-1-3-15(4-2-12)24(22,23)11-13-7-10-20(19-13)14-5-8-18-9-6-14/h1-10H,11H2,(H2,17,21). The van der Waals surface area contributed by atoms with E-state index in [4.69, 9.17) is 5.73 Å². The van der Waals surface area contributed by atoms with Gasteiger partial charge in [0.25, 0.3) is 0 Å². The number of carbonyl (C=O) groups excluding carboxylic acids is 1. The molecule has 0 radical (unpaired) electrons. The van der Waals surface area contributed by atoms with Crippen molar-refractivity contribution in [3.05, 3.63) is 72.3 Å². The quantitative estimate of drug-likeness (QED) is 0.753. The highest BCUT2D eigenvalue weighted by Crippen LogP contribution is 2.17. The van der Waals surface area contributed by atoms with Crippen LogP contribution in [0.1, 0.15) is 16.1 Å². The Morgan fingerprint density at radius 3 is 2.33 bits per heavy atom. The van der Waals surface area contributed by atoms with Crippen LogP contribution in [0.2, 0.25) is 0 Å². The number of hydrogen-bond acceptors (Lipinski definition) is 5. The van der Waals surface area contributed by atoms with E-state index in [2.05, 4.69) is 10.1 Å². The molecule has 7 nitrogen and oxygen atoms in total. The summed E-state index contributed by atoms with van der Waals surface area (Å²) in [4.78, 5) is 15.1. The second-order valence-corrected chi connectivity index (χ2v) is 7.09. The lowest BCUT2D eigenvalue weighted by Gasteiger charge is -2.04. The van der Waals surface area contributed by atoms with Gasteiger partial charge < -0.3 is 5.73 Å². The molecular formula is C16H14N4O3S. The molecule has 24 heavy (non-hydrogen) atoms. The minimum Gasteiger partial charge on any atom is -0.366 e. The number of primary amides is 1. The number of aromatic nitrogens is 3. The van der Waals surface area contributed by atoms with Crippen LogP contribution in [-0.2, 0) is 15.6 Å². The number of sulfone groups is 1. The van der Waals surface area contributed by atoms with Crippen LogP contribution in [0.4, 0.5) is 0 Å². The Kier molecular flexibility index (Phi) is 4.13. The molecule has 3 rings (SSSR count). The fraction of sp³-hybridized carbons (Fsp3) is 0.0625. The summed E-state index contributed by atoms with van der Waals surface area (Å²) in [5, 5.41) is 4.27. The number of benzene rings is 1. The first-order valence-electron chi connectivity index (χ1n) is 7.03. The van der Waals surface area contributed by atoms with Gasteiger partial charge in [-0.05, 0) is 42.5 Å². The van der Waals surface area contributed by atoms with Gasteiger partial charge in [-0.15, -0.1) is 0 Å². The van der Waals surface area contributed by atoms with Gasteiger partial charge in [0, 0.05) is 24.2 Å². The molecule has 0 aliphatic rings. The number of hydrogen-bond donors (Lipinski definition) is 1. The molecule has 0 atom stereocenters. The Bertz CT molecular complexity index is 964. The smallest absolute Gasteiger partial charge is 0.248 e. The molecule has 0 unspecified atom stereocenters. The van der Waals surface area contributed by atoms with Crippen LogP contribution in [-0.4, -0.2) is 29.1 Å². The van der Waals surface area contributed by atoms with Crippen LogP contribution in [0.5, 0.6) is 0 Å². The maximum Gasteiger partial charge on any atom is 0.248 e. The molecule has 1 aromatic carbocycles. The monoisotopic (exact) mass is 342 g/mol. The molecule has 3 aromatic rings. The SMILES string of the molecule is NC(=O)c1ccc(S(=O)(=O)Cc2ccn(-c3ccncc3)n2)cc1. The first-order chi connectivity index (χ1) is 11.5. The van der Waals surface area contributed by atoms with E-state index in [9.17, 15) is 13.2 Å². The van der Waals surface area contributed by atoms with Crippen molar-refractivity contribution in [1.82, 2.24) is 14.8 Å². The largest absolute Gasteiger partial charge is 0.366 e. The molecule has 2 aromatic heterocycles. The van der Waals surface area contributed by atoms with E-state index in [1.54, 1.807) is 41.5 Å². The summed E-state index contributed by atoms with van der Waals surface area (Å²) in [6.07, 6.45) is 4.96. The average molecular weight is 342 g/mol. The zero-order chi connectivity index (χ0) is 17.2. The normalized spacial score (nSPS) is 11.3. The number of rotatable bonds is 5. The summed E-state index contributed by atoms with van der Waals surface area (Å²) in [6, 6.07) is 10.7.